The van der Waals surface area contributed by atoms with E-state index in [9.17, 15) is 13.6 Å². The average molecular weight is 521 g/mol. The minimum Gasteiger partial charge on any atom is -0.381 e. The maximum Gasteiger partial charge on any atom is 0.265 e. The Balaban J connectivity index is 1.60. The van der Waals surface area contributed by atoms with Gasteiger partial charge < -0.3 is 14.2 Å². The zero-order valence-electron chi connectivity index (χ0n) is 21.9. The third-order valence-electron chi connectivity index (χ3n) is 8.01. The molecule has 1 saturated heterocycles. The number of aryl methyl sites for hydroxylation is 1. The fourth-order valence-corrected chi connectivity index (χ4v) is 5.81. The van der Waals surface area contributed by atoms with E-state index in [2.05, 4.69) is 21.6 Å². The van der Waals surface area contributed by atoms with Crippen molar-refractivity contribution in [2.24, 2.45) is 7.05 Å². The number of aromatic nitrogens is 5. The van der Waals surface area contributed by atoms with Crippen molar-refractivity contribution in [3.63, 3.8) is 0 Å². The van der Waals surface area contributed by atoms with Crippen LogP contribution in [0.4, 0.5) is 8.78 Å². The molecule has 3 aromatic heterocycles. The van der Waals surface area contributed by atoms with Gasteiger partial charge in [-0.2, -0.15) is 5.10 Å². The maximum absolute atomic E-state index is 14.4. The van der Waals surface area contributed by atoms with E-state index < -0.39 is 12.5 Å². The summed E-state index contributed by atoms with van der Waals surface area (Å²) in [7, 11) is 3.53. The zero-order valence-corrected chi connectivity index (χ0v) is 21.9. The zero-order chi connectivity index (χ0) is 26.8. The smallest absolute Gasteiger partial charge is 0.265 e. The predicted molar refractivity (Wildman–Crippen MR) is 139 cm³/mol. The van der Waals surface area contributed by atoms with Crippen LogP contribution >= 0.6 is 0 Å². The fourth-order valence-electron chi connectivity index (χ4n) is 5.81. The molecule has 38 heavy (non-hydrogen) atoms. The largest absolute Gasteiger partial charge is 0.381 e. The number of amides is 1. The van der Waals surface area contributed by atoms with E-state index in [1.54, 1.807) is 36.1 Å². The molecule has 0 aliphatic carbocycles. The number of nitrogens with zero attached hydrogens (tertiary/aromatic N) is 6. The number of likely N-dealkylation sites (N-methyl/N-ethyl adjacent to an activating group) is 1. The Bertz CT molecular complexity index is 1550. The van der Waals surface area contributed by atoms with Gasteiger partial charge in [-0.3, -0.25) is 9.48 Å². The molecule has 0 spiro atoms. The molecule has 0 saturated carbocycles. The maximum atomic E-state index is 14.4. The van der Waals surface area contributed by atoms with Crippen LogP contribution in [-0.2, 0) is 28.5 Å². The summed E-state index contributed by atoms with van der Waals surface area (Å²) in [6.45, 7) is 5.72. The summed E-state index contributed by atoms with van der Waals surface area (Å²) >= 11 is 0. The molecule has 198 valence electrons. The Morgan fingerprint density at radius 1 is 1.13 bits per heavy atom. The molecule has 1 amide bonds. The van der Waals surface area contributed by atoms with Crippen LogP contribution in [0.1, 0.15) is 56.2 Å². The Morgan fingerprint density at radius 3 is 2.58 bits per heavy atom. The Morgan fingerprint density at radius 2 is 1.89 bits per heavy atom. The highest BCUT2D eigenvalue weighted by molar-refractivity contribution is 5.96. The van der Waals surface area contributed by atoms with Crippen LogP contribution < -0.4 is 0 Å². The number of halogens is 2. The summed E-state index contributed by atoms with van der Waals surface area (Å²) in [6.07, 6.45) is 2.10. The molecule has 0 unspecified atom stereocenters. The quantitative estimate of drug-likeness (QED) is 0.377. The van der Waals surface area contributed by atoms with Gasteiger partial charge in [-0.1, -0.05) is 19.1 Å². The molecule has 10 heteroatoms. The topological polar surface area (TPSA) is 78.1 Å². The SMILES string of the molecule is C[C@H]1C(=O)N(C)Cc2c(-c3cccc4nc(-c5cnn(C)c5)c(C(F)F)cc34)nc(C3(C)CCOCC3)n21. The molecular weight excluding hydrogens is 490 g/mol. The first-order valence-corrected chi connectivity index (χ1v) is 12.8. The van der Waals surface area contributed by atoms with Crippen LogP contribution in [0.25, 0.3) is 33.4 Å². The number of carbonyl (C=O) groups excluding carboxylic acids is 1. The number of rotatable bonds is 4. The van der Waals surface area contributed by atoms with Crippen LogP contribution in [0.3, 0.4) is 0 Å². The van der Waals surface area contributed by atoms with Crippen molar-refractivity contribution in [3.05, 3.63) is 53.7 Å². The van der Waals surface area contributed by atoms with Crippen LogP contribution in [0, 0.1) is 0 Å². The number of carbonyl (C=O) groups is 1. The van der Waals surface area contributed by atoms with Gasteiger partial charge in [-0.25, -0.2) is 18.7 Å². The van der Waals surface area contributed by atoms with Crippen LogP contribution in [0.2, 0.25) is 0 Å². The van der Waals surface area contributed by atoms with Crippen LogP contribution in [0.15, 0.2) is 36.7 Å². The molecule has 4 aromatic rings. The number of benzene rings is 1. The standard InChI is InChI=1S/C28H30F2N6O2/c1-16-26(37)34(3)15-22-24(33-27(36(16)22)28(2)8-10-38-11-9-28)18-6-5-7-21-19(18)12-20(25(29)30)23(32-21)17-13-31-35(4)14-17/h5-7,12-14,16,25H,8-11,15H2,1-4H3/t16-/m0/s1. The average Bonchev–Trinajstić information content (AvgIpc) is 3.51. The highest BCUT2D eigenvalue weighted by Gasteiger charge is 2.41. The number of hydrogen-bond acceptors (Lipinski definition) is 5. The second-order valence-electron chi connectivity index (χ2n) is 10.6. The highest BCUT2D eigenvalue weighted by Crippen LogP contribution is 2.43. The van der Waals surface area contributed by atoms with Gasteiger partial charge in [0.2, 0.25) is 5.91 Å². The van der Waals surface area contributed by atoms with Crippen molar-refractivity contribution in [2.75, 3.05) is 20.3 Å². The summed E-state index contributed by atoms with van der Waals surface area (Å²) in [5.74, 6) is 0.879. The Kier molecular flexibility index (Phi) is 5.82. The lowest BCUT2D eigenvalue weighted by Crippen LogP contribution is -2.42. The van der Waals surface area contributed by atoms with Gasteiger partial charge in [0, 0.05) is 61.0 Å². The molecule has 1 fully saturated rings. The number of hydrogen-bond donors (Lipinski definition) is 0. The first-order valence-electron chi connectivity index (χ1n) is 12.8. The number of alkyl halides is 2. The van der Waals surface area contributed by atoms with Gasteiger partial charge >= 0.3 is 0 Å². The summed E-state index contributed by atoms with van der Waals surface area (Å²) in [4.78, 5) is 24.6. The number of fused-ring (bicyclic) bond motifs is 2. The molecule has 1 atom stereocenters. The first-order chi connectivity index (χ1) is 18.2. The summed E-state index contributed by atoms with van der Waals surface area (Å²) in [5.41, 5.74) is 3.29. The second-order valence-corrected chi connectivity index (χ2v) is 10.6. The minimum absolute atomic E-state index is 0.0269. The van der Waals surface area contributed by atoms with Crippen molar-refractivity contribution < 1.29 is 18.3 Å². The molecule has 8 nitrogen and oxygen atoms in total. The van der Waals surface area contributed by atoms with Crippen molar-refractivity contribution >= 4 is 16.8 Å². The van der Waals surface area contributed by atoms with E-state index in [1.807, 2.05) is 25.1 Å². The fraction of sp³-hybridized carbons (Fsp3) is 0.429. The lowest BCUT2D eigenvalue weighted by Gasteiger charge is -2.37. The van der Waals surface area contributed by atoms with Gasteiger partial charge in [0.25, 0.3) is 6.43 Å². The monoisotopic (exact) mass is 520 g/mol. The van der Waals surface area contributed by atoms with E-state index in [-0.39, 0.29) is 22.6 Å². The van der Waals surface area contributed by atoms with Crippen LogP contribution in [0.5, 0.6) is 0 Å². The van der Waals surface area contributed by atoms with E-state index in [0.717, 1.165) is 29.9 Å². The normalized spacial score (nSPS) is 19.4. The van der Waals surface area contributed by atoms with Gasteiger partial charge in [-0.05, 0) is 31.9 Å². The molecule has 6 rings (SSSR count). The van der Waals surface area contributed by atoms with Crippen molar-refractivity contribution in [3.8, 4) is 22.5 Å². The number of imidazole rings is 1. The minimum atomic E-state index is -2.72. The van der Waals surface area contributed by atoms with Crippen LogP contribution in [-0.4, -0.2) is 55.4 Å². The number of ether oxygens (including phenoxy) is 1. The van der Waals surface area contributed by atoms with Gasteiger partial charge in [-0.15, -0.1) is 0 Å². The molecule has 1 aromatic carbocycles. The van der Waals surface area contributed by atoms with E-state index in [1.165, 1.54) is 6.07 Å². The summed E-state index contributed by atoms with van der Waals surface area (Å²) in [6, 6.07) is 6.73. The van der Waals surface area contributed by atoms with E-state index in [4.69, 9.17) is 9.72 Å². The lowest BCUT2D eigenvalue weighted by molar-refractivity contribution is -0.135. The highest BCUT2D eigenvalue weighted by atomic mass is 19.3. The summed E-state index contributed by atoms with van der Waals surface area (Å²) in [5, 5.41) is 4.74. The third kappa shape index (κ3) is 3.81. The summed E-state index contributed by atoms with van der Waals surface area (Å²) < 4.78 is 38.0. The molecule has 2 aliphatic heterocycles. The van der Waals surface area contributed by atoms with Crippen molar-refractivity contribution in [1.82, 2.24) is 29.2 Å². The van der Waals surface area contributed by atoms with Crippen molar-refractivity contribution in [1.29, 1.82) is 0 Å². The molecule has 0 radical (unpaired) electrons. The number of pyridine rings is 1. The van der Waals surface area contributed by atoms with Gasteiger partial charge in [0.1, 0.15) is 11.9 Å². The van der Waals surface area contributed by atoms with Crippen molar-refractivity contribution in [2.45, 2.75) is 51.1 Å². The Labute approximate surface area is 219 Å². The molecule has 0 bridgehead atoms. The molecular formula is C28H30F2N6O2. The predicted octanol–water partition coefficient (Wildman–Crippen LogP) is 5.04. The first kappa shape index (κ1) is 24.7. The molecule has 0 N–H and O–H groups in total. The van der Waals surface area contributed by atoms with Gasteiger partial charge in [0.15, 0.2) is 0 Å². The van der Waals surface area contributed by atoms with E-state index >= 15 is 0 Å². The van der Waals surface area contributed by atoms with Gasteiger partial charge in [0.05, 0.1) is 35.3 Å². The molecule has 2 aliphatic rings. The second kappa shape index (κ2) is 8.97. The third-order valence-corrected chi connectivity index (χ3v) is 8.01. The van der Waals surface area contributed by atoms with E-state index in [0.29, 0.717) is 41.9 Å². The molecule has 5 heterocycles. The Hall–Kier alpha value is -3.66. The lowest BCUT2D eigenvalue weighted by atomic mass is 9.81.